The number of terminal acetylenes is 1. The zero-order valence-corrected chi connectivity index (χ0v) is 12.8. The highest BCUT2D eigenvalue weighted by molar-refractivity contribution is 6.29. The molecule has 1 unspecified atom stereocenters. The summed E-state index contributed by atoms with van der Waals surface area (Å²) in [6.07, 6.45) is 8.87. The molecule has 2 heterocycles. The van der Waals surface area contributed by atoms with Gasteiger partial charge in [-0.05, 0) is 42.7 Å². The third kappa shape index (κ3) is 2.84. The van der Waals surface area contributed by atoms with Gasteiger partial charge in [-0.25, -0.2) is 4.98 Å². The van der Waals surface area contributed by atoms with Crippen LogP contribution < -0.4 is 0 Å². The van der Waals surface area contributed by atoms with E-state index in [1.807, 2.05) is 29.2 Å². The van der Waals surface area contributed by atoms with Crippen molar-refractivity contribution in [2.75, 3.05) is 6.54 Å². The molecule has 0 radical (unpaired) electrons. The Morgan fingerprint density at radius 2 is 2.05 bits per heavy atom. The fourth-order valence-corrected chi connectivity index (χ4v) is 2.94. The van der Waals surface area contributed by atoms with Crippen LogP contribution in [0.15, 0.2) is 42.6 Å². The zero-order chi connectivity index (χ0) is 15.5. The van der Waals surface area contributed by atoms with Crippen molar-refractivity contribution in [1.82, 2.24) is 9.88 Å². The van der Waals surface area contributed by atoms with E-state index in [0.29, 0.717) is 10.7 Å². The van der Waals surface area contributed by atoms with E-state index in [-0.39, 0.29) is 11.9 Å². The maximum Gasteiger partial charge on any atom is 0.255 e. The summed E-state index contributed by atoms with van der Waals surface area (Å²) in [5.41, 5.74) is 2.53. The van der Waals surface area contributed by atoms with Gasteiger partial charge in [0, 0.05) is 18.3 Å². The maximum absolute atomic E-state index is 12.7. The Morgan fingerprint density at radius 1 is 1.27 bits per heavy atom. The molecule has 1 aliphatic rings. The highest BCUT2D eigenvalue weighted by Crippen LogP contribution is 2.33. The Hall–Kier alpha value is -2.31. The molecule has 1 amide bonds. The van der Waals surface area contributed by atoms with E-state index in [0.717, 1.165) is 30.5 Å². The highest BCUT2D eigenvalue weighted by Gasteiger charge is 2.30. The predicted octanol–water partition coefficient (Wildman–Crippen LogP) is 3.69. The summed E-state index contributed by atoms with van der Waals surface area (Å²) in [6, 6.07) is 11.3. The van der Waals surface area contributed by atoms with Crippen LogP contribution in [0.25, 0.3) is 0 Å². The second-order valence-electron chi connectivity index (χ2n) is 5.29. The largest absolute Gasteiger partial charge is 0.332 e. The molecule has 4 heteroatoms. The summed E-state index contributed by atoms with van der Waals surface area (Å²) >= 11 is 5.78. The predicted molar refractivity (Wildman–Crippen MR) is 86.6 cm³/mol. The highest BCUT2D eigenvalue weighted by atomic mass is 35.5. The first-order chi connectivity index (χ1) is 10.7. The van der Waals surface area contributed by atoms with Gasteiger partial charge < -0.3 is 4.90 Å². The molecule has 110 valence electrons. The summed E-state index contributed by atoms with van der Waals surface area (Å²) in [4.78, 5) is 18.6. The first-order valence-electron chi connectivity index (χ1n) is 7.18. The number of aromatic nitrogens is 1. The van der Waals surface area contributed by atoms with Gasteiger partial charge in [0.05, 0.1) is 11.6 Å². The fraction of sp³-hybridized carbons (Fsp3) is 0.222. The molecule has 1 aromatic carbocycles. The second kappa shape index (κ2) is 6.21. The zero-order valence-electron chi connectivity index (χ0n) is 12.0. The number of halogens is 1. The van der Waals surface area contributed by atoms with Crippen molar-refractivity contribution in [3.8, 4) is 12.3 Å². The lowest BCUT2D eigenvalue weighted by molar-refractivity contribution is 0.0735. The molecule has 3 nitrogen and oxygen atoms in total. The summed E-state index contributed by atoms with van der Waals surface area (Å²) < 4.78 is 0. The van der Waals surface area contributed by atoms with Crippen LogP contribution in [-0.2, 0) is 0 Å². The number of amides is 1. The van der Waals surface area contributed by atoms with Gasteiger partial charge in [-0.2, -0.15) is 0 Å². The first-order valence-corrected chi connectivity index (χ1v) is 7.56. The van der Waals surface area contributed by atoms with Gasteiger partial charge in [-0.3, -0.25) is 4.79 Å². The average molecular weight is 311 g/mol. The molecular formula is C18H15ClN2O. The van der Waals surface area contributed by atoms with Crippen molar-refractivity contribution >= 4 is 17.5 Å². The molecule has 2 aromatic rings. The molecule has 1 fully saturated rings. The van der Waals surface area contributed by atoms with Gasteiger partial charge >= 0.3 is 0 Å². The SMILES string of the molecule is C#Cc1ccc(C2CCCN2C(=O)c2ccc(Cl)nc2)cc1. The van der Waals surface area contributed by atoms with E-state index >= 15 is 0 Å². The number of benzene rings is 1. The van der Waals surface area contributed by atoms with E-state index in [1.54, 1.807) is 12.1 Å². The van der Waals surface area contributed by atoms with Crippen LogP contribution in [0.3, 0.4) is 0 Å². The molecule has 1 aliphatic heterocycles. The van der Waals surface area contributed by atoms with Gasteiger partial charge in [0.1, 0.15) is 5.15 Å². The maximum atomic E-state index is 12.7. The fourth-order valence-electron chi connectivity index (χ4n) is 2.83. The molecular weight excluding hydrogens is 296 g/mol. The number of hydrogen-bond acceptors (Lipinski definition) is 2. The smallest absolute Gasteiger partial charge is 0.255 e. The standard InChI is InChI=1S/C18H15ClN2O/c1-2-13-5-7-14(8-6-13)16-4-3-11-21(16)18(22)15-9-10-17(19)20-12-15/h1,5-10,12,16H,3-4,11H2. The Labute approximate surface area is 134 Å². The quantitative estimate of drug-likeness (QED) is 0.626. The number of nitrogens with zero attached hydrogens (tertiary/aromatic N) is 2. The van der Waals surface area contributed by atoms with E-state index < -0.39 is 0 Å². The second-order valence-corrected chi connectivity index (χ2v) is 5.68. The molecule has 3 rings (SSSR count). The van der Waals surface area contributed by atoms with Crippen LogP contribution in [0, 0.1) is 12.3 Å². The molecule has 22 heavy (non-hydrogen) atoms. The Kier molecular flexibility index (Phi) is 4.13. The van der Waals surface area contributed by atoms with Gasteiger partial charge in [-0.15, -0.1) is 6.42 Å². The molecule has 0 bridgehead atoms. The summed E-state index contributed by atoms with van der Waals surface area (Å²) in [5, 5.41) is 0.388. The number of carbonyl (C=O) groups excluding carboxylic acids is 1. The lowest BCUT2D eigenvalue weighted by Crippen LogP contribution is -2.30. The van der Waals surface area contributed by atoms with Crippen molar-refractivity contribution < 1.29 is 4.79 Å². The van der Waals surface area contributed by atoms with Gasteiger partial charge in [-0.1, -0.05) is 29.7 Å². The van der Waals surface area contributed by atoms with Gasteiger partial charge in [0.25, 0.3) is 5.91 Å². The van der Waals surface area contributed by atoms with Crippen LogP contribution in [0.4, 0.5) is 0 Å². The molecule has 0 N–H and O–H groups in total. The number of pyridine rings is 1. The number of likely N-dealkylation sites (tertiary alicyclic amines) is 1. The van der Waals surface area contributed by atoms with Crippen molar-refractivity contribution in [2.45, 2.75) is 18.9 Å². The van der Waals surface area contributed by atoms with E-state index in [9.17, 15) is 4.79 Å². The minimum atomic E-state index is -0.00677. The van der Waals surface area contributed by atoms with Crippen LogP contribution in [0.2, 0.25) is 5.15 Å². The Morgan fingerprint density at radius 3 is 2.68 bits per heavy atom. The molecule has 1 aromatic heterocycles. The molecule has 0 aliphatic carbocycles. The van der Waals surface area contributed by atoms with Crippen molar-refractivity contribution in [1.29, 1.82) is 0 Å². The lowest BCUT2D eigenvalue weighted by Gasteiger charge is -2.25. The third-order valence-corrected chi connectivity index (χ3v) is 4.17. The van der Waals surface area contributed by atoms with Crippen LogP contribution in [-0.4, -0.2) is 22.3 Å². The molecule has 0 spiro atoms. The number of carbonyl (C=O) groups is 1. The minimum absolute atomic E-state index is 0.00677. The van der Waals surface area contributed by atoms with E-state index in [2.05, 4.69) is 10.9 Å². The van der Waals surface area contributed by atoms with Crippen LogP contribution in [0.1, 0.15) is 40.4 Å². The Balaban J connectivity index is 1.84. The monoisotopic (exact) mass is 310 g/mol. The van der Waals surface area contributed by atoms with Crippen molar-refractivity contribution in [3.63, 3.8) is 0 Å². The average Bonchev–Trinajstić information content (AvgIpc) is 3.04. The number of rotatable bonds is 2. The molecule has 1 atom stereocenters. The summed E-state index contributed by atoms with van der Waals surface area (Å²) in [5.74, 6) is 2.60. The summed E-state index contributed by atoms with van der Waals surface area (Å²) in [6.45, 7) is 0.753. The van der Waals surface area contributed by atoms with E-state index in [4.69, 9.17) is 18.0 Å². The normalized spacial score (nSPS) is 17.3. The number of hydrogen-bond donors (Lipinski definition) is 0. The topological polar surface area (TPSA) is 33.2 Å². The molecule has 1 saturated heterocycles. The first kappa shape index (κ1) is 14.6. The molecule has 0 saturated carbocycles. The minimum Gasteiger partial charge on any atom is -0.332 e. The van der Waals surface area contributed by atoms with Gasteiger partial charge in [0.2, 0.25) is 0 Å². The summed E-state index contributed by atoms with van der Waals surface area (Å²) in [7, 11) is 0. The van der Waals surface area contributed by atoms with Gasteiger partial charge in [0.15, 0.2) is 0 Å². The van der Waals surface area contributed by atoms with E-state index in [1.165, 1.54) is 6.20 Å². The van der Waals surface area contributed by atoms with Crippen LogP contribution >= 0.6 is 11.6 Å². The van der Waals surface area contributed by atoms with Crippen LogP contribution in [0.5, 0.6) is 0 Å². The Bertz CT molecular complexity index is 716. The third-order valence-electron chi connectivity index (χ3n) is 3.95. The van der Waals surface area contributed by atoms with Crippen molar-refractivity contribution in [3.05, 3.63) is 64.4 Å². The lowest BCUT2D eigenvalue weighted by atomic mass is 10.0. The van der Waals surface area contributed by atoms with Crippen molar-refractivity contribution in [2.24, 2.45) is 0 Å².